The maximum absolute atomic E-state index is 5.73. The molecule has 0 fully saturated rings. The van der Waals surface area contributed by atoms with Gasteiger partial charge in [0.05, 0.1) is 17.1 Å². The van der Waals surface area contributed by atoms with E-state index in [0.29, 0.717) is 13.2 Å². The van der Waals surface area contributed by atoms with Crippen molar-refractivity contribution < 1.29 is 4.74 Å². The number of hydrogen-bond donors (Lipinski definition) is 1. The van der Waals surface area contributed by atoms with Crippen LogP contribution >= 0.6 is 31.9 Å². The van der Waals surface area contributed by atoms with Crippen molar-refractivity contribution in [2.24, 2.45) is 7.05 Å². The fraction of sp³-hybridized carbons (Fsp3) is 0.429. The SMILES string of the molecule is CCOc1c(Br)cc(Br)cc1CNC(C)c1nncn1C. The highest BCUT2D eigenvalue weighted by Crippen LogP contribution is 2.33. The molecule has 1 heterocycles. The minimum absolute atomic E-state index is 0.102. The number of ether oxygens (including phenoxy) is 1. The molecule has 0 radical (unpaired) electrons. The summed E-state index contributed by atoms with van der Waals surface area (Å²) in [4.78, 5) is 0. The molecule has 21 heavy (non-hydrogen) atoms. The van der Waals surface area contributed by atoms with Gasteiger partial charge in [0.25, 0.3) is 0 Å². The van der Waals surface area contributed by atoms with Gasteiger partial charge in [-0.05, 0) is 41.9 Å². The molecule has 0 aliphatic heterocycles. The maximum atomic E-state index is 5.73. The maximum Gasteiger partial charge on any atom is 0.149 e. The van der Waals surface area contributed by atoms with Gasteiger partial charge in [0.2, 0.25) is 0 Å². The Hall–Kier alpha value is -0.920. The first-order valence-electron chi connectivity index (χ1n) is 6.71. The monoisotopic (exact) mass is 416 g/mol. The molecule has 0 aliphatic carbocycles. The molecule has 1 aromatic carbocycles. The van der Waals surface area contributed by atoms with Crippen molar-refractivity contribution in [1.29, 1.82) is 0 Å². The van der Waals surface area contributed by atoms with E-state index in [-0.39, 0.29) is 6.04 Å². The Morgan fingerprint density at radius 1 is 1.38 bits per heavy atom. The highest BCUT2D eigenvalue weighted by atomic mass is 79.9. The molecule has 0 saturated heterocycles. The molecule has 0 aliphatic rings. The summed E-state index contributed by atoms with van der Waals surface area (Å²) >= 11 is 7.06. The number of aryl methyl sites for hydroxylation is 1. The van der Waals surface area contributed by atoms with E-state index in [1.54, 1.807) is 6.33 Å². The molecule has 0 saturated carbocycles. The molecule has 0 spiro atoms. The van der Waals surface area contributed by atoms with Gasteiger partial charge in [0.1, 0.15) is 17.9 Å². The lowest BCUT2D eigenvalue weighted by atomic mass is 10.2. The second-order valence-corrected chi connectivity index (χ2v) is 6.48. The second kappa shape index (κ2) is 7.38. The van der Waals surface area contributed by atoms with E-state index in [1.807, 2.05) is 24.6 Å². The van der Waals surface area contributed by atoms with Crippen LogP contribution in [0.2, 0.25) is 0 Å². The molecule has 7 heteroatoms. The van der Waals surface area contributed by atoms with Crippen LogP contribution < -0.4 is 10.1 Å². The highest BCUT2D eigenvalue weighted by molar-refractivity contribution is 9.11. The van der Waals surface area contributed by atoms with E-state index >= 15 is 0 Å². The zero-order chi connectivity index (χ0) is 15.4. The lowest BCUT2D eigenvalue weighted by Gasteiger charge is -2.16. The summed E-state index contributed by atoms with van der Waals surface area (Å²) in [6, 6.07) is 4.15. The molecule has 2 rings (SSSR count). The van der Waals surface area contributed by atoms with Crippen LogP contribution in [0.25, 0.3) is 0 Å². The van der Waals surface area contributed by atoms with E-state index in [0.717, 1.165) is 26.1 Å². The summed E-state index contributed by atoms with van der Waals surface area (Å²) in [5.41, 5.74) is 1.09. The second-order valence-electron chi connectivity index (χ2n) is 4.71. The third-order valence-electron chi connectivity index (χ3n) is 3.11. The molecule has 114 valence electrons. The van der Waals surface area contributed by atoms with Gasteiger partial charge in [-0.15, -0.1) is 10.2 Å². The quantitative estimate of drug-likeness (QED) is 0.780. The smallest absolute Gasteiger partial charge is 0.149 e. The van der Waals surface area contributed by atoms with Gasteiger partial charge < -0.3 is 14.6 Å². The van der Waals surface area contributed by atoms with Gasteiger partial charge in [-0.25, -0.2) is 0 Å². The molecule has 1 atom stereocenters. The molecule has 2 aromatic rings. The van der Waals surface area contributed by atoms with Crippen molar-refractivity contribution in [3.8, 4) is 5.75 Å². The van der Waals surface area contributed by atoms with Gasteiger partial charge in [0.15, 0.2) is 0 Å². The Morgan fingerprint density at radius 3 is 2.76 bits per heavy atom. The van der Waals surface area contributed by atoms with Crippen LogP contribution in [0.3, 0.4) is 0 Å². The van der Waals surface area contributed by atoms with Crippen molar-refractivity contribution in [3.05, 3.63) is 38.8 Å². The summed E-state index contributed by atoms with van der Waals surface area (Å²) in [7, 11) is 1.94. The summed E-state index contributed by atoms with van der Waals surface area (Å²) < 4.78 is 9.60. The lowest BCUT2D eigenvalue weighted by molar-refractivity contribution is 0.332. The number of nitrogens with one attached hydrogen (secondary N) is 1. The van der Waals surface area contributed by atoms with Gasteiger partial charge in [-0.3, -0.25) is 0 Å². The van der Waals surface area contributed by atoms with Crippen LogP contribution in [0.15, 0.2) is 27.4 Å². The predicted octanol–water partition coefficient (Wildman–Crippen LogP) is 3.59. The van der Waals surface area contributed by atoms with Gasteiger partial charge in [-0.1, -0.05) is 15.9 Å². The van der Waals surface area contributed by atoms with E-state index in [9.17, 15) is 0 Å². The Bertz CT molecular complexity index is 615. The lowest BCUT2D eigenvalue weighted by Crippen LogP contribution is -2.21. The third kappa shape index (κ3) is 4.05. The molecule has 5 nitrogen and oxygen atoms in total. The molecule has 0 bridgehead atoms. The molecular formula is C14H18Br2N4O. The predicted molar refractivity (Wildman–Crippen MR) is 89.3 cm³/mol. The summed E-state index contributed by atoms with van der Waals surface area (Å²) in [5, 5.41) is 11.5. The van der Waals surface area contributed by atoms with Gasteiger partial charge >= 0.3 is 0 Å². The van der Waals surface area contributed by atoms with Crippen LogP contribution in [0.4, 0.5) is 0 Å². The largest absolute Gasteiger partial charge is 0.492 e. The molecule has 1 aromatic heterocycles. The number of benzene rings is 1. The number of halogens is 2. The third-order valence-corrected chi connectivity index (χ3v) is 4.15. The standard InChI is InChI=1S/C14H18Br2N4O/c1-4-21-13-10(5-11(15)6-12(13)16)7-17-9(2)14-19-18-8-20(14)3/h5-6,8-9,17H,4,7H2,1-3H3. The van der Waals surface area contributed by atoms with Gasteiger partial charge in [0, 0.05) is 23.6 Å². The summed E-state index contributed by atoms with van der Waals surface area (Å²) in [6.07, 6.45) is 1.70. The van der Waals surface area contributed by atoms with Crippen LogP contribution in [0, 0.1) is 0 Å². The Labute approximate surface area is 141 Å². The average Bonchev–Trinajstić information content (AvgIpc) is 2.85. The fourth-order valence-corrected chi connectivity index (χ4v) is 3.52. The van der Waals surface area contributed by atoms with Crippen LogP contribution in [-0.4, -0.2) is 21.4 Å². The number of hydrogen-bond acceptors (Lipinski definition) is 4. The van der Waals surface area contributed by atoms with Crippen molar-refractivity contribution in [1.82, 2.24) is 20.1 Å². The average molecular weight is 418 g/mol. The first-order valence-corrected chi connectivity index (χ1v) is 8.29. The first kappa shape index (κ1) is 16.5. The molecule has 1 unspecified atom stereocenters. The summed E-state index contributed by atoms with van der Waals surface area (Å²) in [6.45, 7) is 5.36. The number of rotatable bonds is 6. The zero-order valence-electron chi connectivity index (χ0n) is 12.2. The van der Waals surface area contributed by atoms with Crippen molar-refractivity contribution in [2.75, 3.05) is 6.61 Å². The minimum Gasteiger partial charge on any atom is -0.492 e. The number of nitrogens with zero attached hydrogens (tertiary/aromatic N) is 3. The van der Waals surface area contributed by atoms with Crippen LogP contribution in [0.1, 0.15) is 31.3 Å². The van der Waals surface area contributed by atoms with Crippen molar-refractivity contribution in [3.63, 3.8) is 0 Å². The van der Waals surface area contributed by atoms with E-state index in [4.69, 9.17) is 4.74 Å². The molecular weight excluding hydrogens is 400 g/mol. The Kier molecular flexibility index (Phi) is 5.78. The fourth-order valence-electron chi connectivity index (χ4n) is 2.09. The molecule has 0 amide bonds. The van der Waals surface area contributed by atoms with Crippen molar-refractivity contribution in [2.45, 2.75) is 26.4 Å². The first-order chi connectivity index (χ1) is 10.0. The Balaban J connectivity index is 2.14. The van der Waals surface area contributed by atoms with E-state index in [2.05, 4.69) is 60.4 Å². The minimum atomic E-state index is 0.102. The topological polar surface area (TPSA) is 52.0 Å². The van der Waals surface area contributed by atoms with Crippen LogP contribution in [-0.2, 0) is 13.6 Å². The van der Waals surface area contributed by atoms with Gasteiger partial charge in [-0.2, -0.15) is 0 Å². The van der Waals surface area contributed by atoms with Crippen molar-refractivity contribution >= 4 is 31.9 Å². The number of aromatic nitrogens is 3. The molecule has 1 N–H and O–H groups in total. The normalized spacial score (nSPS) is 12.4. The summed E-state index contributed by atoms with van der Waals surface area (Å²) in [5.74, 6) is 1.78. The highest BCUT2D eigenvalue weighted by Gasteiger charge is 2.14. The van der Waals surface area contributed by atoms with E-state index in [1.165, 1.54) is 0 Å². The Morgan fingerprint density at radius 2 is 2.14 bits per heavy atom. The van der Waals surface area contributed by atoms with Crippen LogP contribution in [0.5, 0.6) is 5.75 Å². The van der Waals surface area contributed by atoms with E-state index < -0.39 is 0 Å². The zero-order valence-corrected chi connectivity index (χ0v) is 15.4.